The second-order valence-corrected chi connectivity index (χ2v) is 4.14. The minimum Gasteiger partial charge on any atom is -0.478 e. The van der Waals surface area contributed by atoms with Crippen LogP contribution in [0.4, 0.5) is 5.69 Å². The van der Waals surface area contributed by atoms with Crippen LogP contribution in [0.15, 0.2) is 48.5 Å². The number of benzene rings is 2. The first-order valence-corrected chi connectivity index (χ1v) is 5.77. The van der Waals surface area contributed by atoms with E-state index in [1.807, 2.05) is 18.2 Å². The summed E-state index contributed by atoms with van der Waals surface area (Å²) in [4.78, 5) is 21.8. The van der Waals surface area contributed by atoms with E-state index >= 15 is 0 Å². The smallest absolute Gasteiger partial charge is 0.335 e. The molecule has 0 bridgehead atoms. The van der Waals surface area contributed by atoms with Crippen molar-refractivity contribution in [2.75, 3.05) is 5.32 Å². The summed E-state index contributed by atoms with van der Waals surface area (Å²) in [6.07, 6.45) is 0. The van der Waals surface area contributed by atoms with E-state index in [2.05, 4.69) is 5.32 Å². The molecule has 0 spiro atoms. The van der Waals surface area contributed by atoms with Gasteiger partial charge in [-0.3, -0.25) is 4.79 Å². The van der Waals surface area contributed by atoms with Gasteiger partial charge in [0.05, 0.1) is 5.56 Å². The van der Waals surface area contributed by atoms with Gasteiger partial charge in [-0.1, -0.05) is 24.3 Å². The first-order valence-electron chi connectivity index (χ1n) is 5.77. The number of aromatic carboxylic acids is 1. The third kappa shape index (κ3) is 3.19. The van der Waals surface area contributed by atoms with Crippen molar-refractivity contribution in [1.29, 1.82) is 0 Å². The van der Waals surface area contributed by atoms with Crippen molar-refractivity contribution >= 4 is 17.6 Å². The topological polar surface area (TPSA) is 66.4 Å². The number of carbonyl (C=O) groups is 2. The standard InChI is InChI=1S/C15H13NO3/c1-10(17)16-14-4-2-3-13(9-14)11-5-7-12(8-6-11)15(18)19/h2-9H,1H3,(H,16,17)(H,18,19). The van der Waals surface area contributed by atoms with Gasteiger partial charge in [0, 0.05) is 12.6 Å². The normalized spacial score (nSPS) is 9.95. The van der Waals surface area contributed by atoms with Crippen molar-refractivity contribution in [3.63, 3.8) is 0 Å². The van der Waals surface area contributed by atoms with Gasteiger partial charge in [-0.2, -0.15) is 0 Å². The molecular weight excluding hydrogens is 242 g/mol. The summed E-state index contributed by atoms with van der Waals surface area (Å²) < 4.78 is 0. The molecule has 2 aromatic carbocycles. The Labute approximate surface area is 110 Å². The maximum Gasteiger partial charge on any atom is 0.335 e. The van der Waals surface area contributed by atoms with E-state index in [-0.39, 0.29) is 11.5 Å². The average molecular weight is 255 g/mol. The highest BCUT2D eigenvalue weighted by atomic mass is 16.4. The van der Waals surface area contributed by atoms with Gasteiger partial charge in [0.2, 0.25) is 5.91 Å². The molecule has 2 N–H and O–H groups in total. The first kappa shape index (κ1) is 12.8. The number of amides is 1. The third-order valence-corrected chi connectivity index (χ3v) is 2.65. The summed E-state index contributed by atoms with van der Waals surface area (Å²) in [6, 6.07) is 14.0. The van der Waals surface area contributed by atoms with E-state index in [1.165, 1.54) is 6.92 Å². The van der Waals surface area contributed by atoms with E-state index in [9.17, 15) is 9.59 Å². The zero-order valence-corrected chi connectivity index (χ0v) is 10.4. The molecule has 0 aliphatic heterocycles. The van der Waals surface area contributed by atoms with Gasteiger partial charge in [0.15, 0.2) is 0 Å². The maximum absolute atomic E-state index is 11.0. The highest BCUT2D eigenvalue weighted by molar-refractivity contribution is 5.90. The summed E-state index contributed by atoms with van der Waals surface area (Å²) in [6.45, 7) is 1.45. The lowest BCUT2D eigenvalue weighted by molar-refractivity contribution is -0.114. The molecule has 19 heavy (non-hydrogen) atoms. The van der Waals surface area contributed by atoms with Crippen LogP contribution in [0.2, 0.25) is 0 Å². The highest BCUT2D eigenvalue weighted by Crippen LogP contribution is 2.23. The first-order chi connectivity index (χ1) is 9.06. The van der Waals surface area contributed by atoms with E-state index in [0.29, 0.717) is 5.69 Å². The van der Waals surface area contributed by atoms with Crippen molar-refractivity contribution in [3.05, 3.63) is 54.1 Å². The summed E-state index contributed by atoms with van der Waals surface area (Å²) in [7, 11) is 0. The molecule has 2 aromatic rings. The Hall–Kier alpha value is -2.62. The fourth-order valence-corrected chi connectivity index (χ4v) is 1.79. The average Bonchev–Trinajstić information content (AvgIpc) is 2.38. The van der Waals surface area contributed by atoms with Crippen LogP contribution in [0.3, 0.4) is 0 Å². The Balaban J connectivity index is 2.30. The molecule has 0 saturated carbocycles. The molecule has 4 heteroatoms. The van der Waals surface area contributed by atoms with Gasteiger partial charge in [-0.15, -0.1) is 0 Å². The number of hydrogen-bond donors (Lipinski definition) is 2. The lowest BCUT2D eigenvalue weighted by Crippen LogP contribution is -2.05. The third-order valence-electron chi connectivity index (χ3n) is 2.65. The molecule has 0 aliphatic rings. The lowest BCUT2D eigenvalue weighted by atomic mass is 10.0. The number of carbonyl (C=O) groups excluding carboxylic acids is 1. The maximum atomic E-state index is 11.0. The summed E-state index contributed by atoms with van der Waals surface area (Å²) in [5.74, 6) is -1.07. The fraction of sp³-hybridized carbons (Fsp3) is 0.0667. The number of carboxylic acid groups (broad SMARTS) is 1. The quantitative estimate of drug-likeness (QED) is 0.885. The Kier molecular flexibility index (Phi) is 3.61. The van der Waals surface area contributed by atoms with Crippen molar-refractivity contribution in [3.8, 4) is 11.1 Å². The molecule has 0 fully saturated rings. The molecule has 0 saturated heterocycles. The molecule has 0 heterocycles. The van der Waals surface area contributed by atoms with Gasteiger partial charge in [0.1, 0.15) is 0 Å². The van der Waals surface area contributed by atoms with Crippen LogP contribution in [0, 0.1) is 0 Å². The Morgan fingerprint density at radius 2 is 1.68 bits per heavy atom. The minimum atomic E-state index is -0.946. The minimum absolute atomic E-state index is 0.127. The van der Waals surface area contributed by atoms with Crippen molar-refractivity contribution < 1.29 is 14.7 Å². The van der Waals surface area contributed by atoms with Crippen molar-refractivity contribution in [2.24, 2.45) is 0 Å². The molecule has 0 atom stereocenters. The Morgan fingerprint density at radius 3 is 2.26 bits per heavy atom. The van der Waals surface area contributed by atoms with Crippen LogP contribution in [0.25, 0.3) is 11.1 Å². The SMILES string of the molecule is CC(=O)Nc1cccc(-c2ccc(C(=O)O)cc2)c1. The second-order valence-electron chi connectivity index (χ2n) is 4.14. The number of carboxylic acids is 1. The van der Waals surface area contributed by atoms with Gasteiger partial charge >= 0.3 is 5.97 Å². The Morgan fingerprint density at radius 1 is 1.00 bits per heavy atom. The van der Waals surface area contributed by atoms with E-state index in [4.69, 9.17) is 5.11 Å². The molecule has 0 unspecified atom stereocenters. The molecule has 4 nitrogen and oxygen atoms in total. The predicted octanol–water partition coefficient (Wildman–Crippen LogP) is 3.01. The number of nitrogens with one attached hydrogen (secondary N) is 1. The molecule has 1 amide bonds. The van der Waals surface area contributed by atoms with Crippen molar-refractivity contribution in [2.45, 2.75) is 6.92 Å². The summed E-state index contributed by atoms with van der Waals surface area (Å²) >= 11 is 0. The van der Waals surface area contributed by atoms with Crippen LogP contribution in [-0.2, 0) is 4.79 Å². The van der Waals surface area contributed by atoms with E-state index in [1.54, 1.807) is 30.3 Å². The monoisotopic (exact) mass is 255 g/mol. The summed E-state index contributed by atoms with van der Waals surface area (Å²) in [5.41, 5.74) is 2.79. The number of hydrogen-bond acceptors (Lipinski definition) is 2. The fourth-order valence-electron chi connectivity index (χ4n) is 1.79. The largest absolute Gasteiger partial charge is 0.478 e. The Bertz CT molecular complexity index is 618. The van der Waals surface area contributed by atoms with Crippen LogP contribution < -0.4 is 5.32 Å². The zero-order chi connectivity index (χ0) is 13.8. The highest BCUT2D eigenvalue weighted by Gasteiger charge is 2.04. The zero-order valence-electron chi connectivity index (χ0n) is 10.4. The predicted molar refractivity (Wildman–Crippen MR) is 73.1 cm³/mol. The molecule has 2 rings (SSSR count). The molecular formula is C15H13NO3. The van der Waals surface area contributed by atoms with E-state index < -0.39 is 5.97 Å². The molecule has 0 aliphatic carbocycles. The van der Waals surface area contributed by atoms with Crippen LogP contribution in [-0.4, -0.2) is 17.0 Å². The van der Waals surface area contributed by atoms with Crippen LogP contribution in [0.1, 0.15) is 17.3 Å². The number of rotatable bonds is 3. The molecule has 0 aromatic heterocycles. The van der Waals surface area contributed by atoms with Gasteiger partial charge in [0.25, 0.3) is 0 Å². The van der Waals surface area contributed by atoms with Crippen molar-refractivity contribution in [1.82, 2.24) is 0 Å². The lowest BCUT2D eigenvalue weighted by Gasteiger charge is -2.06. The number of anilines is 1. The molecule has 0 radical (unpaired) electrons. The molecule has 96 valence electrons. The van der Waals surface area contributed by atoms with Gasteiger partial charge in [-0.05, 0) is 35.4 Å². The van der Waals surface area contributed by atoms with E-state index in [0.717, 1.165) is 11.1 Å². The van der Waals surface area contributed by atoms with Gasteiger partial charge < -0.3 is 10.4 Å². The summed E-state index contributed by atoms with van der Waals surface area (Å²) in [5, 5.41) is 11.6. The second kappa shape index (κ2) is 5.35. The van der Waals surface area contributed by atoms with Crippen LogP contribution >= 0.6 is 0 Å². The van der Waals surface area contributed by atoms with Gasteiger partial charge in [-0.25, -0.2) is 4.79 Å². The van der Waals surface area contributed by atoms with Crippen LogP contribution in [0.5, 0.6) is 0 Å².